The minimum absolute atomic E-state index is 0.946. The Morgan fingerprint density at radius 3 is 3.08 bits per heavy atom. The highest BCUT2D eigenvalue weighted by Gasteiger charge is 2.17. The van der Waals surface area contributed by atoms with Gasteiger partial charge in [-0.25, -0.2) is 4.98 Å². The fourth-order valence-electron chi connectivity index (χ4n) is 1.94. The fourth-order valence-corrected chi connectivity index (χ4v) is 1.94. The summed E-state index contributed by atoms with van der Waals surface area (Å²) < 4.78 is 0. The molecule has 60 valence electrons. The van der Waals surface area contributed by atoms with Crippen molar-refractivity contribution >= 4 is 11.2 Å². The summed E-state index contributed by atoms with van der Waals surface area (Å²) in [7, 11) is 0. The number of aromatic nitrogens is 3. The van der Waals surface area contributed by atoms with E-state index in [9.17, 15) is 0 Å². The molecule has 0 unspecified atom stereocenters. The number of hydrogen-bond donors (Lipinski definition) is 1. The van der Waals surface area contributed by atoms with Crippen molar-refractivity contribution in [2.75, 3.05) is 0 Å². The Labute approximate surface area is 69.9 Å². The van der Waals surface area contributed by atoms with Crippen molar-refractivity contribution in [1.29, 1.82) is 0 Å². The fraction of sp³-hybridized carbons (Fsp3) is 0.333. The molecule has 0 aliphatic heterocycles. The monoisotopic (exact) mass is 159 g/mol. The van der Waals surface area contributed by atoms with Gasteiger partial charge in [0.1, 0.15) is 5.52 Å². The molecule has 0 spiro atoms. The van der Waals surface area contributed by atoms with Gasteiger partial charge in [0, 0.05) is 23.7 Å². The molecule has 3 nitrogen and oxygen atoms in total. The topological polar surface area (TPSA) is 41.6 Å². The largest absolute Gasteiger partial charge is 0.342 e. The third kappa shape index (κ3) is 0.656. The van der Waals surface area contributed by atoms with E-state index in [1.165, 1.54) is 17.7 Å². The first-order chi connectivity index (χ1) is 5.95. The van der Waals surface area contributed by atoms with Gasteiger partial charge in [-0.15, -0.1) is 0 Å². The van der Waals surface area contributed by atoms with Crippen molar-refractivity contribution in [3.8, 4) is 0 Å². The normalized spacial score (nSPS) is 15.3. The number of H-pyrrole nitrogens is 1. The Morgan fingerprint density at radius 2 is 2.08 bits per heavy atom. The molecule has 3 heteroatoms. The van der Waals surface area contributed by atoms with Crippen LogP contribution in [0.3, 0.4) is 0 Å². The summed E-state index contributed by atoms with van der Waals surface area (Å²) in [6, 6.07) is 0. The Balaban J connectivity index is 2.44. The zero-order chi connectivity index (χ0) is 7.97. The second-order valence-corrected chi connectivity index (χ2v) is 3.19. The van der Waals surface area contributed by atoms with Crippen LogP contribution in [0.4, 0.5) is 0 Å². The van der Waals surface area contributed by atoms with Crippen LogP contribution in [0.2, 0.25) is 0 Å². The Kier molecular flexibility index (Phi) is 1.06. The lowest BCUT2D eigenvalue weighted by Gasteiger charge is -1.89. The molecule has 12 heavy (non-hydrogen) atoms. The van der Waals surface area contributed by atoms with Crippen molar-refractivity contribution in [2.45, 2.75) is 19.3 Å². The summed E-state index contributed by atoms with van der Waals surface area (Å²) in [6.07, 6.45) is 7.07. The first-order valence-electron chi connectivity index (χ1n) is 4.25. The van der Waals surface area contributed by atoms with Crippen molar-refractivity contribution in [3.63, 3.8) is 0 Å². The number of nitrogens with one attached hydrogen (secondary N) is 1. The van der Waals surface area contributed by atoms with E-state index in [1.807, 2.05) is 0 Å². The van der Waals surface area contributed by atoms with Crippen LogP contribution in [0, 0.1) is 0 Å². The van der Waals surface area contributed by atoms with Crippen LogP contribution in [0.25, 0.3) is 11.2 Å². The van der Waals surface area contributed by atoms with E-state index in [1.54, 1.807) is 12.4 Å². The standard InChI is InChI=1S/C9H9N3/c1-2-6-7(3-1)12-9-8(6)10-4-5-11-9/h4-5H,1-3H2,(H,11,12). The molecule has 2 aromatic rings. The Bertz CT molecular complexity index is 430. The zero-order valence-electron chi connectivity index (χ0n) is 6.67. The highest BCUT2D eigenvalue weighted by atomic mass is 14.9. The molecule has 0 saturated carbocycles. The second-order valence-electron chi connectivity index (χ2n) is 3.19. The quantitative estimate of drug-likeness (QED) is 0.632. The summed E-state index contributed by atoms with van der Waals surface area (Å²) >= 11 is 0. The molecule has 0 saturated heterocycles. The van der Waals surface area contributed by atoms with E-state index in [4.69, 9.17) is 0 Å². The van der Waals surface area contributed by atoms with E-state index >= 15 is 0 Å². The van der Waals surface area contributed by atoms with E-state index in [0.717, 1.165) is 24.0 Å². The zero-order valence-corrected chi connectivity index (χ0v) is 6.67. The molecule has 0 radical (unpaired) electrons. The van der Waals surface area contributed by atoms with Crippen LogP contribution in [-0.2, 0) is 12.8 Å². The molecular weight excluding hydrogens is 150 g/mol. The van der Waals surface area contributed by atoms with E-state index < -0.39 is 0 Å². The highest BCUT2D eigenvalue weighted by Crippen LogP contribution is 2.26. The molecule has 0 atom stereocenters. The molecular formula is C9H9N3. The lowest BCUT2D eigenvalue weighted by Crippen LogP contribution is -1.82. The molecule has 0 bridgehead atoms. The maximum Gasteiger partial charge on any atom is 0.156 e. The first-order valence-corrected chi connectivity index (χ1v) is 4.25. The summed E-state index contributed by atoms with van der Waals surface area (Å²) in [5.74, 6) is 0. The second kappa shape index (κ2) is 2.06. The van der Waals surface area contributed by atoms with Gasteiger partial charge >= 0.3 is 0 Å². The van der Waals surface area contributed by atoms with Gasteiger partial charge in [0.15, 0.2) is 5.65 Å². The van der Waals surface area contributed by atoms with E-state index in [2.05, 4.69) is 15.0 Å². The predicted octanol–water partition coefficient (Wildman–Crippen LogP) is 1.45. The van der Waals surface area contributed by atoms with Crippen LogP contribution in [0.5, 0.6) is 0 Å². The van der Waals surface area contributed by atoms with Crippen LogP contribution >= 0.6 is 0 Å². The molecule has 1 N–H and O–H groups in total. The predicted molar refractivity (Wildman–Crippen MR) is 45.9 cm³/mol. The van der Waals surface area contributed by atoms with Crippen LogP contribution < -0.4 is 0 Å². The van der Waals surface area contributed by atoms with Crippen molar-refractivity contribution in [3.05, 3.63) is 23.7 Å². The molecule has 0 amide bonds. The van der Waals surface area contributed by atoms with Crippen LogP contribution in [0.15, 0.2) is 12.4 Å². The number of rotatable bonds is 0. The molecule has 0 aromatic carbocycles. The van der Waals surface area contributed by atoms with Gasteiger partial charge in [0.05, 0.1) is 0 Å². The number of fused-ring (bicyclic) bond motifs is 3. The Morgan fingerprint density at radius 1 is 1.17 bits per heavy atom. The molecule has 1 aliphatic carbocycles. The van der Waals surface area contributed by atoms with E-state index in [0.29, 0.717) is 0 Å². The van der Waals surface area contributed by atoms with Gasteiger partial charge in [0.2, 0.25) is 0 Å². The summed E-state index contributed by atoms with van der Waals surface area (Å²) in [5, 5.41) is 0. The molecule has 2 aromatic heterocycles. The number of aryl methyl sites for hydroxylation is 2. The summed E-state index contributed by atoms with van der Waals surface area (Å²) in [4.78, 5) is 11.8. The van der Waals surface area contributed by atoms with Gasteiger partial charge in [-0.2, -0.15) is 0 Å². The lowest BCUT2D eigenvalue weighted by atomic mass is 10.2. The molecule has 3 rings (SSSR count). The molecule has 1 aliphatic rings. The van der Waals surface area contributed by atoms with Gasteiger partial charge in [0.25, 0.3) is 0 Å². The molecule has 0 fully saturated rings. The van der Waals surface area contributed by atoms with Crippen LogP contribution in [-0.4, -0.2) is 15.0 Å². The first kappa shape index (κ1) is 6.17. The number of hydrogen-bond acceptors (Lipinski definition) is 2. The van der Waals surface area contributed by atoms with Gasteiger partial charge < -0.3 is 4.98 Å². The van der Waals surface area contributed by atoms with Crippen molar-refractivity contribution < 1.29 is 0 Å². The average Bonchev–Trinajstić information content (AvgIpc) is 2.62. The summed E-state index contributed by atoms with van der Waals surface area (Å²) in [6.45, 7) is 0. The minimum Gasteiger partial charge on any atom is -0.342 e. The highest BCUT2D eigenvalue weighted by molar-refractivity contribution is 5.77. The summed E-state index contributed by atoms with van der Waals surface area (Å²) in [5.41, 5.74) is 4.75. The minimum atomic E-state index is 0.946. The SMILES string of the molecule is c1cnc2c3c([nH]c2n1)CCC3. The average molecular weight is 159 g/mol. The lowest BCUT2D eigenvalue weighted by molar-refractivity contribution is 0.896. The third-order valence-corrected chi connectivity index (χ3v) is 2.47. The van der Waals surface area contributed by atoms with Crippen LogP contribution in [0.1, 0.15) is 17.7 Å². The maximum absolute atomic E-state index is 4.32. The van der Waals surface area contributed by atoms with Gasteiger partial charge in [-0.1, -0.05) is 0 Å². The maximum atomic E-state index is 4.32. The number of aromatic amines is 1. The smallest absolute Gasteiger partial charge is 0.156 e. The van der Waals surface area contributed by atoms with Gasteiger partial charge in [-0.3, -0.25) is 4.98 Å². The van der Waals surface area contributed by atoms with Crippen molar-refractivity contribution in [1.82, 2.24) is 15.0 Å². The van der Waals surface area contributed by atoms with Crippen molar-refractivity contribution in [2.24, 2.45) is 0 Å². The van der Waals surface area contributed by atoms with E-state index in [-0.39, 0.29) is 0 Å². The van der Waals surface area contributed by atoms with Gasteiger partial charge in [-0.05, 0) is 19.3 Å². The number of nitrogens with zero attached hydrogens (tertiary/aromatic N) is 2. The molecule has 2 heterocycles. The Hall–Kier alpha value is -1.38. The third-order valence-electron chi connectivity index (χ3n) is 2.47.